The minimum absolute atomic E-state index is 0.0750. The number of ether oxygens (including phenoxy) is 3. The quantitative estimate of drug-likeness (QED) is 0.156. The fourth-order valence-electron chi connectivity index (χ4n) is 5.67. The second-order valence-corrected chi connectivity index (χ2v) is 17.4. The van der Waals surface area contributed by atoms with Gasteiger partial charge in [-0.05, 0) is 28.5 Å². The van der Waals surface area contributed by atoms with E-state index in [1.165, 1.54) is 35.4 Å². The fraction of sp³-hybridized carbons (Fsp3) is 0.250. The molecule has 6 unspecified atom stereocenters. The number of anilines is 1. The van der Waals surface area contributed by atoms with Crippen molar-refractivity contribution in [2.24, 2.45) is 0 Å². The lowest BCUT2D eigenvalue weighted by atomic mass is 10.1. The van der Waals surface area contributed by atoms with Crippen molar-refractivity contribution in [2.75, 3.05) is 12.3 Å². The van der Waals surface area contributed by atoms with Crippen LogP contribution in [0, 0.1) is 0 Å². The highest BCUT2D eigenvalue weighted by Crippen LogP contribution is 2.66. The number of hydrogen-bond donors (Lipinski definition) is 1. The van der Waals surface area contributed by atoms with Gasteiger partial charge < -0.3 is 48.6 Å². The molecule has 9 atom stereocenters. The van der Waals surface area contributed by atoms with Crippen LogP contribution < -0.4 is 29.8 Å². The highest BCUT2D eigenvalue weighted by atomic mass is 31.3. The van der Waals surface area contributed by atoms with Crippen LogP contribution in [-0.2, 0) is 56.3 Å². The Bertz CT molecular complexity index is 2330. The van der Waals surface area contributed by atoms with E-state index in [4.69, 9.17) is 24.5 Å². The van der Waals surface area contributed by atoms with E-state index >= 15 is 0 Å². The number of hydrogen-bond acceptors (Lipinski definition) is 20. The molecule has 0 spiro atoms. The summed E-state index contributed by atoms with van der Waals surface area (Å²) in [6, 6.07) is 19.7. The molecular weight excluding hydrogens is 786 g/mol. The van der Waals surface area contributed by atoms with Crippen LogP contribution in [0.3, 0.4) is 0 Å². The Morgan fingerprint density at radius 3 is 2.15 bits per heavy atom. The third-order valence-electron chi connectivity index (χ3n) is 7.74. The number of rotatable bonds is 14. The van der Waals surface area contributed by atoms with Gasteiger partial charge in [0.15, 0.2) is 24.0 Å². The van der Waals surface area contributed by atoms with E-state index in [1.54, 1.807) is 24.3 Å². The van der Waals surface area contributed by atoms with Crippen LogP contribution in [0.1, 0.15) is 11.8 Å². The highest BCUT2D eigenvalue weighted by Gasteiger charge is 2.54. The molecule has 4 heterocycles. The lowest BCUT2D eigenvalue weighted by Crippen LogP contribution is -2.32. The first-order valence-electron chi connectivity index (χ1n) is 15.2. The molecule has 0 aliphatic carbocycles. The van der Waals surface area contributed by atoms with Crippen molar-refractivity contribution in [3.05, 3.63) is 91.0 Å². The molecule has 282 valence electrons. The molecule has 0 saturated carbocycles. The normalized spacial score (nSPS) is 26.0. The molecule has 25 heteroatoms. The smallest absolute Gasteiger partial charge is 0.326 e. The summed E-state index contributed by atoms with van der Waals surface area (Å²) in [5, 5.41) is 1.20. The molecule has 0 bridgehead atoms. The van der Waals surface area contributed by atoms with Crippen molar-refractivity contribution in [1.82, 2.24) is 19.5 Å². The first kappa shape index (κ1) is 37.8. The first-order chi connectivity index (χ1) is 25.1. The van der Waals surface area contributed by atoms with E-state index in [0.717, 1.165) is 5.56 Å². The molecule has 53 heavy (non-hydrogen) atoms. The molecular formula is C28H25N5O16P4-4. The van der Waals surface area contributed by atoms with Crippen LogP contribution in [-0.4, -0.2) is 50.7 Å². The van der Waals surface area contributed by atoms with Gasteiger partial charge in [0.1, 0.15) is 35.9 Å². The van der Waals surface area contributed by atoms with Crippen LogP contribution in [0.25, 0.3) is 21.9 Å². The zero-order valence-corrected chi connectivity index (χ0v) is 30.1. The maximum absolute atomic E-state index is 12.6. The van der Waals surface area contributed by atoms with Crippen molar-refractivity contribution in [1.29, 1.82) is 0 Å². The van der Waals surface area contributed by atoms with Gasteiger partial charge in [-0.1, -0.05) is 60.7 Å². The number of benzene rings is 3. The SMILES string of the molecule is Nc1ncnc2c1ncn2[C@@H]1O[C@H](COP(=O)([O-])OP(=O)([O-])OP(=O)([O-])OP(=O)([O-])Oc2ccc3ccccc3c2)[C@@H]2OC(Cc3ccccc3)OC21. The number of phosphoric ester groups is 2. The lowest BCUT2D eigenvalue weighted by Gasteiger charge is -2.36. The predicted molar refractivity (Wildman–Crippen MR) is 172 cm³/mol. The predicted octanol–water partition coefficient (Wildman–Crippen LogP) is 1.83. The zero-order valence-electron chi connectivity index (χ0n) is 26.6. The Labute approximate surface area is 298 Å². The molecule has 0 radical (unpaired) electrons. The van der Waals surface area contributed by atoms with Gasteiger partial charge in [-0.15, -0.1) is 0 Å². The number of nitrogens with two attached hydrogens (primary N) is 1. The molecule has 2 N–H and O–H groups in total. The summed E-state index contributed by atoms with van der Waals surface area (Å²) in [5.74, 6) is -0.313. The molecule has 7 rings (SSSR count). The number of fused-ring (bicyclic) bond motifs is 3. The van der Waals surface area contributed by atoms with E-state index in [2.05, 4.69) is 32.4 Å². The van der Waals surface area contributed by atoms with E-state index in [0.29, 0.717) is 10.8 Å². The second-order valence-electron chi connectivity index (χ2n) is 11.4. The number of nitrogen functional groups attached to an aromatic ring is 1. The Balaban J connectivity index is 1.01. The number of imidazole rings is 1. The molecule has 2 aliphatic heterocycles. The maximum Gasteiger partial charge on any atom is 0.326 e. The van der Waals surface area contributed by atoms with Crippen molar-refractivity contribution >= 4 is 59.0 Å². The summed E-state index contributed by atoms with van der Waals surface area (Å²) < 4.78 is 89.9. The Morgan fingerprint density at radius 2 is 1.40 bits per heavy atom. The van der Waals surface area contributed by atoms with Gasteiger partial charge in [0.2, 0.25) is 0 Å². The summed E-state index contributed by atoms with van der Waals surface area (Å²) in [6.45, 7) is -0.940. The monoisotopic (exact) mass is 811 g/mol. The molecule has 2 aromatic heterocycles. The van der Waals surface area contributed by atoms with Gasteiger partial charge in [-0.3, -0.25) is 22.8 Å². The van der Waals surface area contributed by atoms with Gasteiger partial charge in [0.05, 0.1) is 12.9 Å². The maximum atomic E-state index is 12.6. The number of aromatic nitrogens is 4. The van der Waals surface area contributed by atoms with E-state index in [-0.39, 0.29) is 29.2 Å². The highest BCUT2D eigenvalue weighted by molar-refractivity contribution is 7.68. The summed E-state index contributed by atoms with van der Waals surface area (Å²) in [5.41, 5.74) is 7.25. The largest absolute Gasteiger partial charge is 0.756 e. The Hall–Kier alpha value is -3.45. The van der Waals surface area contributed by atoms with Crippen LogP contribution in [0.15, 0.2) is 85.5 Å². The zero-order chi connectivity index (χ0) is 37.6. The minimum Gasteiger partial charge on any atom is -0.756 e. The average molecular weight is 811 g/mol. The van der Waals surface area contributed by atoms with E-state index in [9.17, 15) is 37.8 Å². The van der Waals surface area contributed by atoms with Crippen LogP contribution in [0.4, 0.5) is 5.82 Å². The van der Waals surface area contributed by atoms with Crippen LogP contribution >= 0.6 is 31.3 Å². The molecule has 2 fully saturated rings. The Morgan fingerprint density at radius 1 is 0.736 bits per heavy atom. The third kappa shape index (κ3) is 8.93. The van der Waals surface area contributed by atoms with Crippen molar-refractivity contribution < 1.29 is 74.0 Å². The number of nitrogens with zero attached hydrogens (tertiary/aromatic N) is 4. The average Bonchev–Trinajstić information content (AvgIpc) is 3.77. The van der Waals surface area contributed by atoms with Gasteiger partial charge in [0, 0.05) is 6.42 Å². The second kappa shape index (κ2) is 14.7. The molecule has 21 nitrogen and oxygen atoms in total. The van der Waals surface area contributed by atoms with Crippen molar-refractivity contribution in [3.8, 4) is 5.75 Å². The van der Waals surface area contributed by atoms with Gasteiger partial charge in [0.25, 0.3) is 23.5 Å². The van der Waals surface area contributed by atoms with Crippen LogP contribution in [0.5, 0.6) is 5.75 Å². The Kier molecular flexibility index (Phi) is 10.5. The third-order valence-corrected chi connectivity index (χ3v) is 13.4. The van der Waals surface area contributed by atoms with Crippen LogP contribution in [0.2, 0.25) is 0 Å². The standard InChI is InChI=1S/C28H29N5O16P4/c29-26-23-27(31-15-30-26)33(16-32-23)28-25-24(44-22(45-25)12-17-6-2-1-3-7-17)21(43-28)14-42-50(34,35)47-52(38,39)49-53(40,41)48-51(36,37)46-20-11-10-18-8-4-5-9-19(18)13-20/h1-11,13,15-16,21-22,24-25,28H,12,14H2,(H,34,35)(H,36,37)(H,38,39)(H,40,41)(H2,29,30,31)/p-4/t21-,22?,24+,25?,28-/m1/s1. The van der Waals surface area contributed by atoms with E-state index in [1.807, 2.05) is 30.3 Å². The van der Waals surface area contributed by atoms with Gasteiger partial charge in [-0.2, -0.15) is 0 Å². The summed E-state index contributed by atoms with van der Waals surface area (Å²) >= 11 is 0. The van der Waals surface area contributed by atoms with Gasteiger partial charge >= 0.3 is 7.82 Å². The van der Waals surface area contributed by atoms with E-state index < -0.39 is 68.7 Å². The molecule has 2 saturated heterocycles. The van der Waals surface area contributed by atoms with Crippen molar-refractivity contribution in [2.45, 2.75) is 37.3 Å². The van der Waals surface area contributed by atoms with Crippen molar-refractivity contribution in [3.63, 3.8) is 0 Å². The summed E-state index contributed by atoms with van der Waals surface area (Å²) in [7, 11) is -24.7. The van der Waals surface area contributed by atoms with Gasteiger partial charge in [-0.25, -0.2) is 27.9 Å². The summed E-state index contributed by atoms with van der Waals surface area (Å²) in [6.07, 6.45) is -2.24. The lowest BCUT2D eigenvalue weighted by molar-refractivity contribution is -0.253. The molecule has 3 aromatic carbocycles. The molecule has 5 aromatic rings. The topological polar surface area (TPSA) is 304 Å². The number of phosphoric acid groups is 4. The molecule has 2 aliphatic rings. The fourth-order valence-corrected chi connectivity index (χ4v) is 10.4. The molecule has 0 amide bonds. The first-order valence-corrected chi connectivity index (χ1v) is 21.0. The summed E-state index contributed by atoms with van der Waals surface area (Å²) in [4.78, 5) is 61.8. The minimum atomic E-state index is -6.45.